The van der Waals surface area contributed by atoms with Crippen LogP contribution in [0.15, 0.2) is 29.2 Å². The van der Waals surface area contributed by atoms with Crippen LogP contribution in [0.5, 0.6) is 0 Å². The summed E-state index contributed by atoms with van der Waals surface area (Å²) in [4.78, 5) is 29.5. The molecule has 4 rings (SSSR count). The standard InChI is InChI=1S/C23H34N4O5S/c28-22(18-25-9-11-26(12-10-25)23(29)19-5-2-1-3-6-19)24-20-7-4-8-21(17-20)33(30,31)27-13-15-32-16-14-27/h4,7-8,17,19H,1-3,5-6,9-16,18H2,(H,24,28). The molecule has 182 valence electrons. The fraction of sp³-hybridized carbons (Fsp3) is 0.652. The fourth-order valence-corrected chi connectivity index (χ4v) is 6.26. The molecule has 3 aliphatic rings. The predicted molar refractivity (Wildman–Crippen MR) is 124 cm³/mol. The number of nitrogens with one attached hydrogen (secondary N) is 1. The van der Waals surface area contributed by atoms with E-state index in [1.165, 1.54) is 16.8 Å². The van der Waals surface area contributed by atoms with Crippen molar-refractivity contribution in [2.24, 2.45) is 5.92 Å². The van der Waals surface area contributed by atoms with Crippen LogP contribution >= 0.6 is 0 Å². The summed E-state index contributed by atoms with van der Waals surface area (Å²) >= 11 is 0. The summed E-state index contributed by atoms with van der Waals surface area (Å²) in [6.45, 7) is 4.26. The number of carbonyl (C=O) groups is 2. The molecule has 0 bridgehead atoms. The normalized spacial score (nSPS) is 21.6. The van der Waals surface area contributed by atoms with Gasteiger partial charge in [0.15, 0.2) is 0 Å². The Morgan fingerprint density at radius 1 is 0.970 bits per heavy atom. The molecule has 1 aromatic carbocycles. The summed E-state index contributed by atoms with van der Waals surface area (Å²) in [5.74, 6) is 0.259. The van der Waals surface area contributed by atoms with E-state index >= 15 is 0 Å². The highest BCUT2D eigenvalue weighted by atomic mass is 32.2. The Morgan fingerprint density at radius 3 is 2.36 bits per heavy atom. The van der Waals surface area contributed by atoms with E-state index < -0.39 is 10.0 Å². The lowest BCUT2D eigenvalue weighted by Gasteiger charge is -2.36. The molecule has 1 aliphatic carbocycles. The van der Waals surface area contributed by atoms with Crippen molar-refractivity contribution in [1.82, 2.24) is 14.1 Å². The second-order valence-corrected chi connectivity index (χ2v) is 11.0. The SMILES string of the molecule is O=C(CN1CCN(C(=O)C2CCCCC2)CC1)Nc1cccc(S(=O)(=O)N2CCOCC2)c1. The zero-order chi connectivity index (χ0) is 23.3. The van der Waals surface area contributed by atoms with Crippen LogP contribution in [0.4, 0.5) is 5.69 Å². The number of nitrogens with zero attached hydrogens (tertiary/aromatic N) is 3. The summed E-state index contributed by atoms with van der Waals surface area (Å²) in [5.41, 5.74) is 0.459. The monoisotopic (exact) mass is 478 g/mol. The van der Waals surface area contributed by atoms with Gasteiger partial charge in [-0.25, -0.2) is 8.42 Å². The summed E-state index contributed by atoms with van der Waals surface area (Å²) in [5, 5.41) is 2.82. The predicted octanol–water partition coefficient (Wildman–Crippen LogP) is 1.37. The Kier molecular flexibility index (Phi) is 8.00. The molecule has 0 unspecified atom stereocenters. The highest BCUT2D eigenvalue weighted by Crippen LogP contribution is 2.26. The molecule has 0 atom stereocenters. The maximum absolute atomic E-state index is 12.9. The number of morpholine rings is 1. The number of hydrogen-bond acceptors (Lipinski definition) is 6. The van der Waals surface area contributed by atoms with Crippen molar-refractivity contribution < 1.29 is 22.7 Å². The van der Waals surface area contributed by atoms with Crippen molar-refractivity contribution in [2.45, 2.75) is 37.0 Å². The van der Waals surface area contributed by atoms with Crippen LogP contribution in [0.25, 0.3) is 0 Å². The van der Waals surface area contributed by atoms with Crippen molar-refractivity contribution in [1.29, 1.82) is 0 Å². The molecular formula is C23H34N4O5S. The molecule has 2 heterocycles. The third-order valence-corrected chi connectivity index (χ3v) is 8.63. The number of hydrogen-bond donors (Lipinski definition) is 1. The van der Waals surface area contributed by atoms with E-state index in [1.54, 1.807) is 18.2 Å². The Hall–Kier alpha value is -2.01. The molecule has 33 heavy (non-hydrogen) atoms. The third-order valence-electron chi connectivity index (χ3n) is 6.73. The molecule has 10 heteroatoms. The average Bonchev–Trinajstić information content (AvgIpc) is 2.85. The molecule has 1 saturated carbocycles. The maximum atomic E-state index is 12.9. The summed E-state index contributed by atoms with van der Waals surface area (Å²) in [6, 6.07) is 6.38. The lowest BCUT2D eigenvalue weighted by molar-refractivity contribution is -0.138. The van der Waals surface area contributed by atoms with E-state index in [0.717, 1.165) is 25.7 Å². The first-order valence-electron chi connectivity index (χ1n) is 11.9. The van der Waals surface area contributed by atoms with E-state index in [2.05, 4.69) is 5.32 Å². The van der Waals surface area contributed by atoms with E-state index in [0.29, 0.717) is 58.2 Å². The smallest absolute Gasteiger partial charge is 0.243 e. The third kappa shape index (κ3) is 6.11. The molecule has 0 aromatic heterocycles. The van der Waals surface area contributed by atoms with Crippen molar-refractivity contribution in [3.05, 3.63) is 24.3 Å². The molecule has 2 saturated heterocycles. The van der Waals surface area contributed by atoms with Crippen molar-refractivity contribution in [3.63, 3.8) is 0 Å². The van der Waals surface area contributed by atoms with E-state index in [4.69, 9.17) is 4.74 Å². The lowest BCUT2D eigenvalue weighted by Crippen LogP contribution is -2.52. The highest BCUT2D eigenvalue weighted by molar-refractivity contribution is 7.89. The maximum Gasteiger partial charge on any atom is 0.243 e. The zero-order valence-electron chi connectivity index (χ0n) is 19.1. The molecule has 9 nitrogen and oxygen atoms in total. The second-order valence-electron chi connectivity index (χ2n) is 9.03. The largest absolute Gasteiger partial charge is 0.379 e. The number of rotatable bonds is 6. The Labute approximate surface area is 196 Å². The Balaban J connectivity index is 1.27. The Bertz CT molecular complexity index is 934. The lowest BCUT2D eigenvalue weighted by atomic mass is 9.88. The van der Waals surface area contributed by atoms with Gasteiger partial charge < -0.3 is 15.0 Å². The van der Waals surface area contributed by atoms with Crippen LogP contribution in [0.3, 0.4) is 0 Å². The molecule has 2 aliphatic heterocycles. The van der Waals surface area contributed by atoms with E-state index in [1.807, 2.05) is 9.80 Å². The van der Waals surface area contributed by atoms with Gasteiger partial charge in [0.2, 0.25) is 21.8 Å². The van der Waals surface area contributed by atoms with Crippen LogP contribution in [-0.2, 0) is 24.3 Å². The number of ether oxygens (including phenoxy) is 1. The first kappa shape index (κ1) is 24.1. The zero-order valence-corrected chi connectivity index (χ0v) is 19.9. The van der Waals surface area contributed by atoms with Crippen LogP contribution in [0, 0.1) is 5.92 Å². The molecule has 1 N–H and O–H groups in total. The van der Waals surface area contributed by atoms with Gasteiger partial charge in [-0.15, -0.1) is 0 Å². The van der Waals surface area contributed by atoms with Gasteiger partial charge in [0, 0.05) is 50.9 Å². The summed E-state index contributed by atoms with van der Waals surface area (Å²) in [7, 11) is -3.62. The first-order valence-corrected chi connectivity index (χ1v) is 13.4. The molecule has 3 fully saturated rings. The highest BCUT2D eigenvalue weighted by Gasteiger charge is 2.29. The van der Waals surface area contributed by atoms with E-state index in [9.17, 15) is 18.0 Å². The average molecular weight is 479 g/mol. The molecule has 1 aromatic rings. The molecule has 0 spiro atoms. The number of carbonyl (C=O) groups excluding carboxylic acids is 2. The van der Waals surface area contributed by atoms with Crippen LogP contribution in [0.1, 0.15) is 32.1 Å². The van der Waals surface area contributed by atoms with Crippen molar-refractivity contribution >= 4 is 27.5 Å². The fourth-order valence-electron chi connectivity index (χ4n) is 4.81. The van der Waals surface area contributed by atoms with Crippen LogP contribution in [-0.4, -0.2) is 93.4 Å². The first-order chi connectivity index (χ1) is 15.9. The summed E-state index contributed by atoms with van der Waals surface area (Å²) in [6.07, 6.45) is 5.52. The van der Waals surface area contributed by atoms with Gasteiger partial charge in [0.25, 0.3) is 0 Å². The van der Waals surface area contributed by atoms with E-state index in [-0.39, 0.29) is 29.2 Å². The van der Waals surface area contributed by atoms with Gasteiger partial charge in [-0.2, -0.15) is 4.31 Å². The van der Waals surface area contributed by atoms with Crippen molar-refractivity contribution in [3.8, 4) is 0 Å². The molecule has 2 amide bonds. The van der Waals surface area contributed by atoms with Gasteiger partial charge in [-0.1, -0.05) is 25.3 Å². The number of amides is 2. The molecule has 0 radical (unpaired) electrons. The minimum atomic E-state index is -3.62. The van der Waals surface area contributed by atoms with Gasteiger partial charge in [0.1, 0.15) is 0 Å². The Morgan fingerprint density at radius 2 is 1.67 bits per heavy atom. The second kappa shape index (κ2) is 10.9. The van der Waals surface area contributed by atoms with Gasteiger partial charge in [-0.3, -0.25) is 14.5 Å². The van der Waals surface area contributed by atoms with Gasteiger partial charge in [-0.05, 0) is 31.0 Å². The number of anilines is 1. The molecular weight excluding hydrogens is 444 g/mol. The van der Waals surface area contributed by atoms with Crippen LogP contribution in [0.2, 0.25) is 0 Å². The number of sulfonamides is 1. The van der Waals surface area contributed by atoms with Gasteiger partial charge >= 0.3 is 0 Å². The summed E-state index contributed by atoms with van der Waals surface area (Å²) < 4.78 is 32.4. The van der Waals surface area contributed by atoms with Crippen LogP contribution < -0.4 is 5.32 Å². The van der Waals surface area contributed by atoms with Crippen molar-refractivity contribution in [2.75, 3.05) is 64.3 Å². The minimum Gasteiger partial charge on any atom is -0.379 e. The quantitative estimate of drug-likeness (QED) is 0.663. The number of benzene rings is 1. The number of piperazine rings is 1. The van der Waals surface area contributed by atoms with Gasteiger partial charge in [0.05, 0.1) is 24.7 Å². The minimum absolute atomic E-state index is 0.164. The topological polar surface area (TPSA) is 99.3 Å².